The molecule has 2 aliphatic carbocycles. The lowest BCUT2D eigenvalue weighted by Gasteiger charge is -2.35. The van der Waals surface area contributed by atoms with E-state index in [2.05, 4.69) is 28.0 Å². The molecule has 4 heterocycles. The maximum atomic E-state index is 14.5. The fourth-order valence-electron chi connectivity index (χ4n) is 7.25. The zero-order valence-corrected chi connectivity index (χ0v) is 31.6. The molecule has 2 aromatic heterocycles. The molecule has 0 spiro atoms. The molecule has 4 aliphatic rings. The summed E-state index contributed by atoms with van der Waals surface area (Å²) in [6.45, 7) is 13.6. The van der Waals surface area contributed by atoms with Gasteiger partial charge in [-0.1, -0.05) is 53.2 Å². The first-order valence-electron chi connectivity index (χ1n) is 18.2. The van der Waals surface area contributed by atoms with E-state index < -0.39 is 74.1 Å². The number of rotatable bonds is 6. The van der Waals surface area contributed by atoms with Gasteiger partial charge in [0.15, 0.2) is 0 Å². The lowest BCUT2D eigenvalue weighted by atomic mass is 9.85. The van der Waals surface area contributed by atoms with E-state index >= 15 is 0 Å². The van der Waals surface area contributed by atoms with Gasteiger partial charge in [-0.3, -0.25) is 19.1 Å². The van der Waals surface area contributed by atoms with E-state index in [1.165, 1.54) is 11.0 Å². The van der Waals surface area contributed by atoms with Crippen LogP contribution in [-0.2, 0) is 46.9 Å². The number of nitrogens with one attached hydrogen (secondary N) is 3. The second kappa shape index (κ2) is 14.1. The Hall–Kier alpha value is -3.98. The number of aromatic nitrogens is 2. The minimum atomic E-state index is -3.88. The normalized spacial score (nSPS) is 28.8. The molecule has 0 unspecified atom stereocenters. The fourth-order valence-corrected chi connectivity index (χ4v) is 8.61. The molecule has 3 fully saturated rings. The number of cyclic esters (lactones) is 1. The van der Waals surface area contributed by atoms with Crippen LogP contribution in [0.5, 0.6) is 0 Å². The Bertz CT molecular complexity index is 1850. The molecule has 2 saturated carbocycles. The van der Waals surface area contributed by atoms with Crippen LogP contribution in [0.15, 0.2) is 37.2 Å². The van der Waals surface area contributed by atoms with E-state index in [1.807, 2.05) is 57.5 Å². The third-order valence-corrected chi connectivity index (χ3v) is 12.5. The Morgan fingerprint density at radius 2 is 1.92 bits per heavy atom. The average molecular weight is 741 g/mol. The zero-order chi connectivity index (χ0) is 37.6. The summed E-state index contributed by atoms with van der Waals surface area (Å²) in [5.41, 5.74) is 0.0484. The molecule has 284 valence electrons. The molecule has 15 heteroatoms. The zero-order valence-electron chi connectivity index (χ0n) is 30.8. The second-order valence-electron chi connectivity index (χ2n) is 16.7. The molecular weight excluding hydrogens is 689 g/mol. The molecular formula is C37H52N6O8S. The standard InChI is InChI=1S/C37H52N6O8S/c1-7-24-18-37(24,33(46)41-52(48,49)27-13-14-27)40-31(44)28-17-26-20-43(28)32(45)29(35(2,3)4)39-34(47)51-22-36(5,6)15-9-8-11-23-12-10-16-42-19-25(21-50-26)38-30(23)42/h7,10,12,16,19,24,26-29H,1,8-9,11,13-15,17-18,20-22H2,2-6H3,(H,39,47)(H,40,44)(H,41,46)/t24-,26+,28-,29+,37+/m0/s1. The Morgan fingerprint density at radius 1 is 1.17 bits per heavy atom. The monoisotopic (exact) mass is 740 g/mol. The number of pyridine rings is 1. The maximum absolute atomic E-state index is 14.5. The summed E-state index contributed by atoms with van der Waals surface area (Å²) >= 11 is 0. The number of fused-ring (bicyclic) bond motifs is 3. The van der Waals surface area contributed by atoms with Crippen molar-refractivity contribution in [1.29, 1.82) is 0 Å². The molecule has 1 saturated heterocycles. The lowest BCUT2D eigenvalue weighted by Crippen LogP contribution is -2.60. The van der Waals surface area contributed by atoms with Gasteiger partial charge in [0.25, 0.3) is 5.91 Å². The van der Waals surface area contributed by atoms with Gasteiger partial charge in [-0.05, 0) is 61.0 Å². The molecule has 2 aromatic rings. The molecule has 14 nitrogen and oxygen atoms in total. The van der Waals surface area contributed by atoms with E-state index in [0.717, 1.165) is 36.9 Å². The third kappa shape index (κ3) is 8.14. The van der Waals surface area contributed by atoms with E-state index in [0.29, 0.717) is 18.5 Å². The van der Waals surface area contributed by atoms with Crippen LogP contribution in [-0.4, -0.2) is 88.6 Å². The summed E-state index contributed by atoms with van der Waals surface area (Å²) in [6, 6.07) is 1.90. The van der Waals surface area contributed by atoms with Crippen LogP contribution < -0.4 is 15.4 Å². The van der Waals surface area contributed by atoms with Gasteiger partial charge in [-0.15, -0.1) is 6.58 Å². The Morgan fingerprint density at radius 3 is 2.60 bits per heavy atom. The summed E-state index contributed by atoms with van der Waals surface area (Å²) in [7, 11) is -3.88. The highest BCUT2D eigenvalue weighted by atomic mass is 32.2. The predicted molar refractivity (Wildman–Crippen MR) is 192 cm³/mol. The van der Waals surface area contributed by atoms with Crippen molar-refractivity contribution in [2.75, 3.05) is 13.2 Å². The smallest absolute Gasteiger partial charge is 0.407 e. The highest BCUT2D eigenvalue weighted by Crippen LogP contribution is 2.45. The van der Waals surface area contributed by atoms with Crippen molar-refractivity contribution < 1.29 is 37.1 Å². The van der Waals surface area contributed by atoms with Crippen LogP contribution in [0.2, 0.25) is 0 Å². The Kier molecular flexibility index (Phi) is 10.2. The number of sulfonamides is 1. The van der Waals surface area contributed by atoms with Gasteiger partial charge in [0.1, 0.15) is 23.3 Å². The van der Waals surface area contributed by atoms with Gasteiger partial charge < -0.3 is 29.4 Å². The van der Waals surface area contributed by atoms with Crippen LogP contribution in [0.1, 0.15) is 90.8 Å². The van der Waals surface area contributed by atoms with Crippen molar-refractivity contribution in [1.82, 2.24) is 29.6 Å². The number of hydrogen-bond donors (Lipinski definition) is 3. The topological polar surface area (TPSA) is 178 Å². The molecule has 52 heavy (non-hydrogen) atoms. The quantitative estimate of drug-likeness (QED) is 0.375. The summed E-state index contributed by atoms with van der Waals surface area (Å²) in [4.78, 5) is 61.6. The van der Waals surface area contributed by atoms with Crippen LogP contribution in [0.25, 0.3) is 5.65 Å². The number of carbonyl (C=O) groups is 4. The number of imidazole rings is 1. The van der Waals surface area contributed by atoms with Crippen LogP contribution >= 0.6 is 0 Å². The van der Waals surface area contributed by atoms with Crippen LogP contribution in [0.3, 0.4) is 0 Å². The molecule has 2 aliphatic heterocycles. The van der Waals surface area contributed by atoms with E-state index in [4.69, 9.17) is 14.5 Å². The Labute approximate surface area is 305 Å². The highest BCUT2D eigenvalue weighted by Gasteiger charge is 2.62. The first kappa shape index (κ1) is 37.8. The first-order chi connectivity index (χ1) is 24.4. The molecule has 3 N–H and O–H groups in total. The lowest BCUT2D eigenvalue weighted by molar-refractivity contribution is -0.143. The van der Waals surface area contributed by atoms with E-state index in [1.54, 1.807) is 0 Å². The average Bonchev–Trinajstić information content (AvgIpc) is 3.96. The largest absolute Gasteiger partial charge is 0.449 e. The van der Waals surface area contributed by atoms with E-state index in [9.17, 15) is 27.6 Å². The molecule has 6 rings (SSSR count). The van der Waals surface area contributed by atoms with Crippen molar-refractivity contribution in [3.63, 3.8) is 0 Å². The minimum absolute atomic E-state index is 0.0338. The number of nitrogens with zero attached hydrogens (tertiary/aromatic N) is 3. The number of aryl methyl sites for hydroxylation is 1. The Balaban J connectivity index is 1.28. The van der Waals surface area contributed by atoms with Gasteiger partial charge in [0.2, 0.25) is 21.8 Å². The number of alkyl carbamates (subject to hydrolysis) is 1. The number of hydrogen-bond acceptors (Lipinski definition) is 9. The summed E-state index contributed by atoms with van der Waals surface area (Å²) in [6.07, 6.45) is 8.77. The number of carbonyl (C=O) groups excluding carboxylic acids is 4. The van der Waals surface area contributed by atoms with Gasteiger partial charge in [0, 0.05) is 31.3 Å². The summed E-state index contributed by atoms with van der Waals surface area (Å²) in [5.74, 6) is -2.46. The van der Waals surface area contributed by atoms with E-state index in [-0.39, 0.29) is 38.0 Å². The van der Waals surface area contributed by atoms with Gasteiger partial charge in [0.05, 0.1) is 30.3 Å². The maximum Gasteiger partial charge on any atom is 0.407 e. The van der Waals surface area contributed by atoms with Gasteiger partial charge in [-0.25, -0.2) is 18.2 Å². The van der Waals surface area contributed by atoms with Gasteiger partial charge in [-0.2, -0.15) is 0 Å². The van der Waals surface area contributed by atoms with Crippen LogP contribution in [0, 0.1) is 16.7 Å². The third-order valence-electron chi connectivity index (χ3n) is 10.7. The van der Waals surface area contributed by atoms with Crippen molar-refractivity contribution in [3.05, 3.63) is 48.4 Å². The number of amides is 4. The predicted octanol–water partition coefficient (Wildman–Crippen LogP) is 3.38. The van der Waals surface area contributed by atoms with Crippen LogP contribution in [0.4, 0.5) is 4.79 Å². The van der Waals surface area contributed by atoms with Crippen molar-refractivity contribution in [2.45, 2.75) is 122 Å². The molecule has 0 radical (unpaired) electrons. The molecule has 4 amide bonds. The SMILES string of the molecule is C=C[C@H]1C[C@]1(NC(=O)[C@@H]1C[C@@H]2CN1C(=O)[C@H](C(C)(C)C)NC(=O)OCC(C)(C)CCCCc1cccn3cc(nc13)CO2)C(=O)NS(=O)(=O)C1CC1. The van der Waals surface area contributed by atoms with Crippen molar-refractivity contribution >= 4 is 39.5 Å². The summed E-state index contributed by atoms with van der Waals surface area (Å²) in [5, 5.41) is 4.96. The molecule has 5 atom stereocenters. The number of ether oxygens (including phenoxy) is 2. The molecule has 0 aromatic carbocycles. The van der Waals surface area contributed by atoms with Gasteiger partial charge >= 0.3 is 6.09 Å². The minimum Gasteiger partial charge on any atom is -0.449 e. The summed E-state index contributed by atoms with van der Waals surface area (Å²) < 4.78 is 41.5. The highest BCUT2D eigenvalue weighted by molar-refractivity contribution is 7.91. The fraction of sp³-hybridized carbons (Fsp3) is 0.649. The molecule has 4 bridgehead atoms. The second-order valence-corrected chi connectivity index (χ2v) is 18.7. The van der Waals surface area contributed by atoms with Crippen molar-refractivity contribution in [3.8, 4) is 0 Å². The van der Waals surface area contributed by atoms with Crippen molar-refractivity contribution in [2.24, 2.45) is 16.7 Å². The first-order valence-corrected chi connectivity index (χ1v) is 19.8.